The summed E-state index contributed by atoms with van der Waals surface area (Å²) in [7, 11) is 2.04. The van der Waals surface area contributed by atoms with Crippen molar-refractivity contribution < 1.29 is 0 Å². The van der Waals surface area contributed by atoms with Crippen LogP contribution in [0.5, 0.6) is 0 Å². The lowest BCUT2D eigenvalue weighted by Crippen LogP contribution is -2.36. The molecule has 4 nitrogen and oxygen atoms in total. The van der Waals surface area contributed by atoms with Gasteiger partial charge >= 0.3 is 0 Å². The third-order valence-electron chi connectivity index (χ3n) is 4.33. The molecule has 0 atom stereocenters. The van der Waals surface area contributed by atoms with E-state index in [-0.39, 0.29) is 0 Å². The number of nitrogens with zero attached hydrogens (tertiary/aromatic N) is 3. The zero-order valence-electron chi connectivity index (χ0n) is 13.4. The van der Waals surface area contributed by atoms with E-state index in [1.165, 1.54) is 38.1 Å². The van der Waals surface area contributed by atoms with Gasteiger partial charge in [0.05, 0.1) is 5.69 Å². The molecule has 0 unspecified atom stereocenters. The number of hydrogen-bond donors (Lipinski definition) is 1. The maximum atomic E-state index is 4.75. The van der Waals surface area contributed by atoms with Gasteiger partial charge in [-0.1, -0.05) is 13.3 Å². The Balaban J connectivity index is 1.92. The van der Waals surface area contributed by atoms with Gasteiger partial charge in [0.15, 0.2) is 0 Å². The summed E-state index contributed by atoms with van der Waals surface area (Å²) >= 11 is 0. The summed E-state index contributed by atoms with van der Waals surface area (Å²) in [5.41, 5.74) is 1.15. The van der Waals surface area contributed by atoms with Crippen molar-refractivity contribution in [2.45, 2.75) is 52.5 Å². The zero-order chi connectivity index (χ0) is 14.4. The van der Waals surface area contributed by atoms with Crippen LogP contribution < -0.4 is 10.2 Å². The Morgan fingerprint density at radius 3 is 2.75 bits per heavy atom. The molecule has 0 bridgehead atoms. The largest absolute Gasteiger partial charge is 0.342 e. The molecule has 2 rings (SSSR count). The van der Waals surface area contributed by atoms with Crippen molar-refractivity contribution in [1.29, 1.82) is 0 Å². The van der Waals surface area contributed by atoms with Crippen molar-refractivity contribution in [2.75, 3.05) is 31.6 Å². The molecule has 4 heteroatoms. The van der Waals surface area contributed by atoms with Gasteiger partial charge in [0.25, 0.3) is 0 Å². The highest BCUT2D eigenvalue weighted by Gasteiger charge is 2.22. The SMILES string of the molecule is CCCCn1cc(C)nc1N1CCC(CCNC)CC1. The van der Waals surface area contributed by atoms with Crippen LogP contribution in [0.4, 0.5) is 5.95 Å². The van der Waals surface area contributed by atoms with Crippen molar-refractivity contribution in [3.63, 3.8) is 0 Å². The number of imidazole rings is 1. The first-order chi connectivity index (χ1) is 9.74. The molecule has 0 saturated carbocycles. The number of unbranched alkanes of at least 4 members (excludes halogenated alkanes) is 1. The Morgan fingerprint density at radius 2 is 2.10 bits per heavy atom. The fourth-order valence-electron chi connectivity index (χ4n) is 3.05. The van der Waals surface area contributed by atoms with Crippen LogP contribution in [-0.2, 0) is 6.54 Å². The summed E-state index contributed by atoms with van der Waals surface area (Å²) in [5, 5.41) is 3.26. The molecule has 1 aromatic heterocycles. The van der Waals surface area contributed by atoms with E-state index in [1.54, 1.807) is 0 Å². The van der Waals surface area contributed by atoms with Gasteiger partial charge in [-0.3, -0.25) is 0 Å². The van der Waals surface area contributed by atoms with Crippen molar-refractivity contribution >= 4 is 5.95 Å². The molecule has 1 aliphatic heterocycles. The van der Waals surface area contributed by atoms with Crippen molar-refractivity contribution in [1.82, 2.24) is 14.9 Å². The second-order valence-corrected chi connectivity index (χ2v) is 6.05. The molecule has 0 aliphatic carbocycles. The van der Waals surface area contributed by atoms with E-state index >= 15 is 0 Å². The van der Waals surface area contributed by atoms with Crippen molar-refractivity contribution in [3.05, 3.63) is 11.9 Å². The van der Waals surface area contributed by atoms with Gasteiger partial charge in [0.1, 0.15) is 0 Å². The fourth-order valence-corrected chi connectivity index (χ4v) is 3.05. The second-order valence-electron chi connectivity index (χ2n) is 6.05. The molecule has 1 aliphatic rings. The predicted octanol–water partition coefficient (Wildman–Crippen LogP) is 2.82. The lowest BCUT2D eigenvalue weighted by atomic mass is 9.94. The van der Waals surface area contributed by atoms with Gasteiger partial charge in [-0.05, 0) is 52.1 Å². The first-order valence-corrected chi connectivity index (χ1v) is 8.18. The fraction of sp³-hybridized carbons (Fsp3) is 0.812. The maximum absolute atomic E-state index is 4.75. The molecule has 114 valence electrons. The van der Waals surface area contributed by atoms with Gasteiger partial charge in [-0.25, -0.2) is 4.98 Å². The van der Waals surface area contributed by atoms with Crippen LogP contribution in [0.1, 0.15) is 44.7 Å². The highest BCUT2D eigenvalue weighted by atomic mass is 15.3. The van der Waals surface area contributed by atoms with E-state index in [1.807, 2.05) is 7.05 Å². The molecular formula is C16H30N4. The summed E-state index contributed by atoms with van der Waals surface area (Å²) in [6.07, 6.45) is 8.61. The molecule has 0 aromatic carbocycles. The Bertz CT molecular complexity index is 391. The number of nitrogens with one attached hydrogen (secondary N) is 1. The van der Waals surface area contributed by atoms with E-state index in [4.69, 9.17) is 4.98 Å². The highest BCUT2D eigenvalue weighted by Crippen LogP contribution is 2.25. The minimum absolute atomic E-state index is 0.888. The van der Waals surface area contributed by atoms with E-state index < -0.39 is 0 Å². The molecule has 0 spiro atoms. The normalized spacial score (nSPS) is 16.9. The molecule has 20 heavy (non-hydrogen) atoms. The van der Waals surface area contributed by atoms with Crippen molar-refractivity contribution in [2.24, 2.45) is 5.92 Å². The lowest BCUT2D eigenvalue weighted by Gasteiger charge is -2.33. The van der Waals surface area contributed by atoms with Gasteiger partial charge in [0.2, 0.25) is 5.95 Å². The van der Waals surface area contributed by atoms with Crippen LogP contribution in [0.15, 0.2) is 6.20 Å². The monoisotopic (exact) mass is 278 g/mol. The maximum Gasteiger partial charge on any atom is 0.205 e. The van der Waals surface area contributed by atoms with Crippen LogP contribution in [0.25, 0.3) is 0 Å². The minimum Gasteiger partial charge on any atom is -0.342 e. The smallest absolute Gasteiger partial charge is 0.205 e. The summed E-state index contributed by atoms with van der Waals surface area (Å²) in [6, 6.07) is 0. The third kappa shape index (κ3) is 3.98. The molecule has 0 radical (unpaired) electrons. The summed E-state index contributed by atoms with van der Waals surface area (Å²) in [5.74, 6) is 2.09. The van der Waals surface area contributed by atoms with Crippen molar-refractivity contribution in [3.8, 4) is 0 Å². The molecule has 1 saturated heterocycles. The van der Waals surface area contributed by atoms with Crippen LogP contribution in [-0.4, -0.2) is 36.2 Å². The van der Waals surface area contributed by atoms with Gasteiger partial charge in [-0.15, -0.1) is 0 Å². The number of aromatic nitrogens is 2. The molecule has 1 aromatic rings. The average molecular weight is 278 g/mol. The number of hydrogen-bond acceptors (Lipinski definition) is 3. The quantitative estimate of drug-likeness (QED) is 0.832. The van der Waals surface area contributed by atoms with Crippen LogP contribution in [0.3, 0.4) is 0 Å². The zero-order valence-corrected chi connectivity index (χ0v) is 13.4. The topological polar surface area (TPSA) is 33.1 Å². The Labute approximate surface area is 123 Å². The predicted molar refractivity (Wildman–Crippen MR) is 85.4 cm³/mol. The first-order valence-electron chi connectivity index (χ1n) is 8.18. The van der Waals surface area contributed by atoms with E-state index in [2.05, 4.69) is 34.8 Å². The van der Waals surface area contributed by atoms with Crippen LogP contribution in [0, 0.1) is 12.8 Å². The summed E-state index contributed by atoms with van der Waals surface area (Å²) in [6.45, 7) is 8.93. The third-order valence-corrected chi connectivity index (χ3v) is 4.33. The van der Waals surface area contributed by atoms with Crippen LogP contribution in [0.2, 0.25) is 0 Å². The standard InChI is InChI=1S/C16H30N4/c1-4-5-10-20-13-14(2)18-16(20)19-11-7-15(8-12-19)6-9-17-3/h13,15,17H,4-12H2,1-3H3. The molecule has 2 heterocycles. The first kappa shape index (κ1) is 15.4. The van der Waals surface area contributed by atoms with Crippen LogP contribution >= 0.6 is 0 Å². The van der Waals surface area contributed by atoms with Gasteiger partial charge in [0, 0.05) is 25.8 Å². The summed E-state index contributed by atoms with van der Waals surface area (Å²) in [4.78, 5) is 7.24. The van der Waals surface area contributed by atoms with Gasteiger partial charge < -0.3 is 14.8 Å². The Kier molecular flexibility index (Phi) is 5.89. The molecular weight excluding hydrogens is 248 g/mol. The second kappa shape index (κ2) is 7.67. The average Bonchev–Trinajstić information content (AvgIpc) is 2.84. The highest BCUT2D eigenvalue weighted by molar-refractivity contribution is 5.34. The number of piperidine rings is 1. The molecule has 1 fully saturated rings. The van der Waals surface area contributed by atoms with E-state index in [0.717, 1.165) is 37.8 Å². The molecule has 0 amide bonds. The number of aryl methyl sites for hydroxylation is 2. The number of rotatable bonds is 7. The number of anilines is 1. The Morgan fingerprint density at radius 1 is 1.35 bits per heavy atom. The van der Waals surface area contributed by atoms with E-state index in [0.29, 0.717) is 0 Å². The minimum atomic E-state index is 0.888. The lowest BCUT2D eigenvalue weighted by molar-refractivity contribution is 0.373. The molecule has 1 N–H and O–H groups in total. The van der Waals surface area contributed by atoms with Gasteiger partial charge in [-0.2, -0.15) is 0 Å². The summed E-state index contributed by atoms with van der Waals surface area (Å²) < 4.78 is 2.35. The van der Waals surface area contributed by atoms with E-state index in [9.17, 15) is 0 Å². The Hall–Kier alpha value is -1.03.